The minimum Gasteiger partial charge on any atom is -0.368 e. The van der Waals surface area contributed by atoms with E-state index in [1.54, 1.807) is 17.0 Å². The normalized spacial score (nSPS) is 15.1. The standard InChI is InChI=1S/C17H16ClN7O/c1-9-6-11(23-24(9)2)8-25-15-13(14(18)21-17(19)22-15)12(16(25)26)7-10-4-3-5-20-10/h3-7,20H,8H2,1-2H3,(H2,19,21,22). The molecule has 1 aliphatic heterocycles. The lowest BCUT2D eigenvalue weighted by molar-refractivity contribution is -0.113. The van der Waals surface area contributed by atoms with Crippen LogP contribution in [0.15, 0.2) is 24.4 Å². The number of nitrogens with one attached hydrogen (secondary N) is 1. The first-order valence-electron chi connectivity index (χ1n) is 7.94. The number of aromatic nitrogens is 5. The number of halogens is 1. The summed E-state index contributed by atoms with van der Waals surface area (Å²) in [5.74, 6) is 0.193. The molecule has 0 saturated carbocycles. The zero-order valence-corrected chi connectivity index (χ0v) is 14.9. The maximum Gasteiger partial charge on any atom is 0.260 e. The van der Waals surface area contributed by atoms with Gasteiger partial charge in [-0.3, -0.25) is 14.4 Å². The molecule has 0 bridgehead atoms. The zero-order valence-electron chi connectivity index (χ0n) is 14.2. The Balaban J connectivity index is 1.83. The van der Waals surface area contributed by atoms with Crippen LogP contribution in [0.2, 0.25) is 5.15 Å². The Morgan fingerprint density at radius 1 is 1.38 bits per heavy atom. The third-order valence-electron chi connectivity index (χ3n) is 4.27. The van der Waals surface area contributed by atoms with E-state index >= 15 is 0 Å². The molecular formula is C17H16ClN7O. The van der Waals surface area contributed by atoms with Gasteiger partial charge in [0.2, 0.25) is 5.95 Å². The van der Waals surface area contributed by atoms with E-state index in [9.17, 15) is 4.79 Å². The third kappa shape index (κ3) is 2.64. The number of carbonyl (C=O) groups excluding carboxylic acids is 1. The maximum absolute atomic E-state index is 13.1. The second-order valence-electron chi connectivity index (χ2n) is 6.05. The lowest BCUT2D eigenvalue weighted by Gasteiger charge is -2.14. The number of fused-ring (bicyclic) bond motifs is 1. The molecule has 9 heteroatoms. The minimum atomic E-state index is -0.222. The second kappa shape index (κ2) is 5.99. The fourth-order valence-corrected chi connectivity index (χ4v) is 3.23. The predicted molar refractivity (Wildman–Crippen MR) is 99.3 cm³/mol. The molecule has 8 nitrogen and oxygen atoms in total. The van der Waals surface area contributed by atoms with Gasteiger partial charge in [-0.1, -0.05) is 11.6 Å². The molecule has 1 aliphatic rings. The largest absolute Gasteiger partial charge is 0.368 e. The molecule has 0 fully saturated rings. The number of amides is 1. The summed E-state index contributed by atoms with van der Waals surface area (Å²) in [4.78, 5) is 25.9. The number of nitrogen functional groups attached to an aromatic ring is 1. The third-order valence-corrected chi connectivity index (χ3v) is 4.54. The Bertz CT molecular complexity index is 1020. The first-order valence-corrected chi connectivity index (χ1v) is 8.31. The van der Waals surface area contributed by atoms with Crippen molar-refractivity contribution in [2.75, 3.05) is 10.6 Å². The molecule has 132 valence electrons. The van der Waals surface area contributed by atoms with Crippen LogP contribution in [0.3, 0.4) is 0 Å². The number of nitrogens with two attached hydrogens (primary N) is 1. The number of aryl methyl sites for hydroxylation is 2. The van der Waals surface area contributed by atoms with E-state index in [1.807, 2.05) is 32.2 Å². The smallest absolute Gasteiger partial charge is 0.260 e. The summed E-state index contributed by atoms with van der Waals surface area (Å²) >= 11 is 6.29. The molecule has 0 atom stereocenters. The van der Waals surface area contributed by atoms with Gasteiger partial charge >= 0.3 is 0 Å². The predicted octanol–water partition coefficient (Wildman–Crippen LogP) is 2.17. The number of anilines is 2. The molecule has 3 aromatic heterocycles. The lowest BCUT2D eigenvalue weighted by Crippen LogP contribution is -2.26. The molecule has 4 heterocycles. The van der Waals surface area contributed by atoms with Crippen molar-refractivity contribution in [2.45, 2.75) is 13.5 Å². The van der Waals surface area contributed by atoms with Crippen molar-refractivity contribution in [1.82, 2.24) is 24.7 Å². The van der Waals surface area contributed by atoms with Gasteiger partial charge in [0, 0.05) is 24.6 Å². The van der Waals surface area contributed by atoms with Gasteiger partial charge in [0.1, 0.15) is 5.15 Å². The van der Waals surface area contributed by atoms with E-state index < -0.39 is 0 Å². The Morgan fingerprint density at radius 2 is 2.19 bits per heavy atom. The summed E-state index contributed by atoms with van der Waals surface area (Å²) in [6, 6.07) is 5.63. The molecular weight excluding hydrogens is 354 g/mol. The monoisotopic (exact) mass is 369 g/mol. The Labute approximate surface area is 154 Å². The van der Waals surface area contributed by atoms with Crippen LogP contribution < -0.4 is 10.6 Å². The molecule has 0 unspecified atom stereocenters. The number of hydrogen-bond acceptors (Lipinski definition) is 5. The van der Waals surface area contributed by atoms with Gasteiger partial charge in [-0.2, -0.15) is 10.1 Å². The topological polar surface area (TPSA) is 106 Å². The van der Waals surface area contributed by atoms with E-state index in [2.05, 4.69) is 20.1 Å². The first kappa shape index (κ1) is 16.3. The van der Waals surface area contributed by atoms with Crippen molar-refractivity contribution >= 4 is 40.9 Å². The van der Waals surface area contributed by atoms with Crippen molar-refractivity contribution in [1.29, 1.82) is 0 Å². The van der Waals surface area contributed by atoms with Crippen LogP contribution in [-0.4, -0.2) is 30.6 Å². The van der Waals surface area contributed by atoms with Crippen molar-refractivity contribution < 1.29 is 4.79 Å². The van der Waals surface area contributed by atoms with E-state index in [0.29, 0.717) is 17.0 Å². The number of carbonyl (C=O) groups is 1. The zero-order chi connectivity index (χ0) is 18.4. The SMILES string of the molecule is Cc1cc(CN2C(=O)C(=Cc3ccc[nH]3)c3c(Cl)nc(N)nc32)nn1C. The van der Waals surface area contributed by atoms with Gasteiger partial charge in [0.15, 0.2) is 5.82 Å². The molecule has 0 aliphatic carbocycles. The lowest BCUT2D eigenvalue weighted by atomic mass is 10.1. The van der Waals surface area contributed by atoms with Gasteiger partial charge < -0.3 is 10.7 Å². The van der Waals surface area contributed by atoms with Crippen LogP contribution in [-0.2, 0) is 18.4 Å². The van der Waals surface area contributed by atoms with Crippen molar-refractivity contribution in [2.24, 2.45) is 7.05 Å². The number of nitrogens with zero attached hydrogens (tertiary/aromatic N) is 5. The summed E-state index contributed by atoms with van der Waals surface area (Å²) in [5.41, 5.74) is 9.17. The highest BCUT2D eigenvalue weighted by molar-refractivity contribution is 6.41. The van der Waals surface area contributed by atoms with E-state index in [1.165, 1.54) is 4.90 Å². The van der Waals surface area contributed by atoms with Gasteiger partial charge in [-0.05, 0) is 31.2 Å². The highest BCUT2D eigenvalue weighted by Gasteiger charge is 2.37. The van der Waals surface area contributed by atoms with Crippen LogP contribution >= 0.6 is 11.6 Å². The fourth-order valence-electron chi connectivity index (χ4n) is 2.96. The average Bonchev–Trinajstić information content (AvgIpc) is 3.25. The van der Waals surface area contributed by atoms with Crippen molar-refractivity contribution in [3.05, 3.63) is 52.2 Å². The number of hydrogen-bond donors (Lipinski definition) is 2. The van der Waals surface area contributed by atoms with Gasteiger partial charge in [0.05, 0.1) is 23.4 Å². The Morgan fingerprint density at radius 3 is 2.85 bits per heavy atom. The highest BCUT2D eigenvalue weighted by atomic mass is 35.5. The first-order chi connectivity index (χ1) is 12.4. The minimum absolute atomic E-state index is 0.0184. The molecule has 3 aromatic rings. The molecule has 4 rings (SSSR count). The molecule has 0 spiro atoms. The average molecular weight is 370 g/mol. The molecule has 0 aromatic carbocycles. The van der Waals surface area contributed by atoms with Gasteiger partial charge in [-0.15, -0.1) is 0 Å². The van der Waals surface area contributed by atoms with Crippen LogP contribution in [0, 0.1) is 6.92 Å². The van der Waals surface area contributed by atoms with Crippen LogP contribution in [0.4, 0.5) is 11.8 Å². The van der Waals surface area contributed by atoms with Crippen LogP contribution in [0.25, 0.3) is 11.6 Å². The second-order valence-corrected chi connectivity index (χ2v) is 6.40. The van der Waals surface area contributed by atoms with Crippen LogP contribution in [0.1, 0.15) is 22.6 Å². The Kier molecular flexibility index (Phi) is 3.77. The molecule has 26 heavy (non-hydrogen) atoms. The van der Waals surface area contributed by atoms with Gasteiger partial charge in [0.25, 0.3) is 5.91 Å². The van der Waals surface area contributed by atoms with E-state index in [4.69, 9.17) is 17.3 Å². The summed E-state index contributed by atoms with van der Waals surface area (Å²) < 4.78 is 1.76. The fraction of sp³-hybridized carbons (Fsp3) is 0.176. The number of H-pyrrole nitrogens is 1. The van der Waals surface area contributed by atoms with Crippen LogP contribution in [0.5, 0.6) is 0 Å². The number of rotatable bonds is 3. The van der Waals surface area contributed by atoms with Crippen molar-refractivity contribution in [3.63, 3.8) is 0 Å². The summed E-state index contributed by atoms with van der Waals surface area (Å²) in [7, 11) is 1.85. The van der Waals surface area contributed by atoms with Crippen molar-refractivity contribution in [3.8, 4) is 0 Å². The summed E-state index contributed by atoms with van der Waals surface area (Å²) in [5, 5.41) is 4.57. The quantitative estimate of drug-likeness (QED) is 0.543. The number of aromatic amines is 1. The summed E-state index contributed by atoms with van der Waals surface area (Å²) in [6.07, 6.45) is 3.51. The summed E-state index contributed by atoms with van der Waals surface area (Å²) in [6.45, 7) is 2.21. The maximum atomic E-state index is 13.1. The molecule has 3 N–H and O–H groups in total. The molecule has 1 amide bonds. The molecule has 0 saturated heterocycles. The highest BCUT2D eigenvalue weighted by Crippen LogP contribution is 2.41. The Hall–Kier alpha value is -3.13. The molecule has 0 radical (unpaired) electrons. The van der Waals surface area contributed by atoms with E-state index in [-0.39, 0.29) is 23.6 Å². The van der Waals surface area contributed by atoms with Gasteiger partial charge in [-0.25, -0.2) is 4.98 Å². The van der Waals surface area contributed by atoms with E-state index in [0.717, 1.165) is 17.1 Å².